The summed E-state index contributed by atoms with van der Waals surface area (Å²) in [4.78, 5) is 13.9. The Morgan fingerprint density at radius 3 is 2.61 bits per heavy atom. The van der Waals surface area contributed by atoms with E-state index in [1.165, 1.54) is 0 Å². The van der Waals surface area contributed by atoms with E-state index < -0.39 is 0 Å². The molecule has 2 unspecified atom stereocenters. The lowest BCUT2D eigenvalue weighted by atomic mass is 10.0. The van der Waals surface area contributed by atoms with E-state index in [-0.39, 0.29) is 23.6 Å². The molecule has 2 atom stereocenters. The molecule has 1 saturated carbocycles. The van der Waals surface area contributed by atoms with Crippen LogP contribution in [0, 0.1) is 5.92 Å². The molecule has 18 heavy (non-hydrogen) atoms. The summed E-state index contributed by atoms with van der Waals surface area (Å²) in [5, 5.41) is 9.21. The zero-order valence-electron chi connectivity index (χ0n) is 10.7. The molecular formula is C14H20N2O2. The van der Waals surface area contributed by atoms with Crippen molar-refractivity contribution in [2.24, 2.45) is 11.7 Å². The standard InChI is InChI=1S/C14H20N2O2/c1-16(9-10-5-7-11(17)8-6-10)14(18)12-3-2-4-13(12)15/h5-8,12-13,17H,2-4,9,15H2,1H3. The smallest absolute Gasteiger partial charge is 0.227 e. The predicted molar refractivity (Wildman–Crippen MR) is 69.9 cm³/mol. The first kappa shape index (κ1) is 12.9. The molecule has 0 saturated heterocycles. The molecule has 1 fully saturated rings. The van der Waals surface area contributed by atoms with Gasteiger partial charge in [-0.2, -0.15) is 0 Å². The first-order valence-corrected chi connectivity index (χ1v) is 6.36. The van der Waals surface area contributed by atoms with E-state index in [0.717, 1.165) is 24.8 Å². The minimum absolute atomic E-state index is 0.0137. The molecule has 1 aliphatic carbocycles. The van der Waals surface area contributed by atoms with Gasteiger partial charge in [0, 0.05) is 19.6 Å². The number of carbonyl (C=O) groups excluding carboxylic acids is 1. The number of phenolic OH excluding ortho intramolecular Hbond substituents is 1. The zero-order chi connectivity index (χ0) is 13.1. The number of carbonyl (C=O) groups is 1. The molecular weight excluding hydrogens is 228 g/mol. The Labute approximate surface area is 107 Å². The van der Waals surface area contributed by atoms with Gasteiger partial charge in [-0.15, -0.1) is 0 Å². The van der Waals surface area contributed by atoms with Crippen LogP contribution in [0.15, 0.2) is 24.3 Å². The van der Waals surface area contributed by atoms with Crippen molar-refractivity contribution < 1.29 is 9.90 Å². The second kappa shape index (κ2) is 5.40. The van der Waals surface area contributed by atoms with E-state index >= 15 is 0 Å². The fourth-order valence-electron chi connectivity index (χ4n) is 2.53. The molecule has 0 heterocycles. The van der Waals surface area contributed by atoms with Crippen LogP contribution in [0.2, 0.25) is 0 Å². The van der Waals surface area contributed by atoms with Crippen LogP contribution in [0.3, 0.4) is 0 Å². The van der Waals surface area contributed by atoms with Crippen molar-refractivity contribution >= 4 is 5.91 Å². The molecule has 1 aromatic carbocycles. The van der Waals surface area contributed by atoms with Crippen LogP contribution < -0.4 is 5.73 Å². The van der Waals surface area contributed by atoms with E-state index in [0.29, 0.717) is 6.54 Å². The predicted octanol–water partition coefficient (Wildman–Crippen LogP) is 1.48. The van der Waals surface area contributed by atoms with Crippen molar-refractivity contribution in [3.05, 3.63) is 29.8 Å². The third-order valence-corrected chi connectivity index (χ3v) is 3.62. The quantitative estimate of drug-likeness (QED) is 0.851. The van der Waals surface area contributed by atoms with Gasteiger partial charge in [-0.25, -0.2) is 0 Å². The molecule has 3 N–H and O–H groups in total. The first-order chi connectivity index (χ1) is 8.58. The highest BCUT2D eigenvalue weighted by atomic mass is 16.3. The SMILES string of the molecule is CN(Cc1ccc(O)cc1)C(=O)C1CCCC1N. The number of nitrogens with two attached hydrogens (primary N) is 1. The number of nitrogens with zero attached hydrogens (tertiary/aromatic N) is 1. The number of rotatable bonds is 3. The number of hydrogen-bond acceptors (Lipinski definition) is 3. The van der Waals surface area contributed by atoms with Crippen molar-refractivity contribution in [3.63, 3.8) is 0 Å². The average molecular weight is 248 g/mol. The van der Waals surface area contributed by atoms with E-state index in [4.69, 9.17) is 5.73 Å². The Morgan fingerprint density at radius 1 is 1.39 bits per heavy atom. The lowest BCUT2D eigenvalue weighted by Gasteiger charge is -2.23. The van der Waals surface area contributed by atoms with Crippen LogP contribution in [0.25, 0.3) is 0 Å². The molecule has 2 rings (SSSR count). The zero-order valence-corrected chi connectivity index (χ0v) is 10.7. The van der Waals surface area contributed by atoms with Crippen molar-refractivity contribution in [2.75, 3.05) is 7.05 Å². The van der Waals surface area contributed by atoms with Crippen molar-refractivity contribution in [3.8, 4) is 5.75 Å². The molecule has 0 bridgehead atoms. The summed E-state index contributed by atoms with van der Waals surface area (Å²) >= 11 is 0. The van der Waals surface area contributed by atoms with Gasteiger partial charge >= 0.3 is 0 Å². The Morgan fingerprint density at radius 2 is 2.06 bits per heavy atom. The van der Waals surface area contributed by atoms with Crippen molar-refractivity contribution in [2.45, 2.75) is 31.8 Å². The maximum Gasteiger partial charge on any atom is 0.227 e. The highest BCUT2D eigenvalue weighted by Gasteiger charge is 2.32. The normalized spacial score (nSPS) is 23.0. The van der Waals surface area contributed by atoms with E-state index in [1.807, 2.05) is 12.1 Å². The largest absolute Gasteiger partial charge is 0.508 e. The molecule has 4 heteroatoms. The van der Waals surface area contributed by atoms with Gasteiger partial charge in [0.1, 0.15) is 5.75 Å². The fourth-order valence-corrected chi connectivity index (χ4v) is 2.53. The summed E-state index contributed by atoms with van der Waals surface area (Å²) in [6, 6.07) is 6.94. The topological polar surface area (TPSA) is 66.6 Å². The molecule has 1 aromatic rings. The fraction of sp³-hybridized carbons (Fsp3) is 0.500. The second-order valence-corrected chi connectivity index (χ2v) is 5.06. The lowest BCUT2D eigenvalue weighted by molar-refractivity contribution is -0.134. The van der Waals surface area contributed by atoms with E-state index in [1.54, 1.807) is 24.1 Å². The third-order valence-electron chi connectivity index (χ3n) is 3.62. The van der Waals surface area contributed by atoms with E-state index in [2.05, 4.69) is 0 Å². The monoisotopic (exact) mass is 248 g/mol. The summed E-state index contributed by atoms with van der Waals surface area (Å²) in [6.45, 7) is 0.558. The second-order valence-electron chi connectivity index (χ2n) is 5.06. The summed E-state index contributed by atoms with van der Waals surface area (Å²) in [5.41, 5.74) is 6.96. The van der Waals surface area contributed by atoms with Gasteiger partial charge in [-0.1, -0.05) is 18.6 Å². The van der Waals surface area contributed by atoms with Gasteiger partial charge in [0.2, 0.25) is 5.91 Å². The van der Waals surface area contributed by atoms with Crippen LogP contribution in [-0.4, -0.2) is 29.0 Å². The third kappa shape index (κ3) is 2.82. The van der Waals surface area contributed by atoms with Crippen LogP contribution in [0.1, 0.15) is 24.8 Å². The first-order valence-electron chi connectivity index (χ1n) is 6.36. The van der Waals surface area contributed by atoms with Crippen LogP contribution >= 0.6 is 0 Å². The molecule has 1 amide bonds. The highest BCUT2D eigenvalue weighted by molar-refractivity contribution is 5.79. The summed E-state index contributed by atoms with van der Waals surface area (Å²) in [6.07, 6.45) is 2.90. The van der Waals surface area contributed by atoms with Crippen molar-refractivity contribution in [1.29, 1.82) is 0 Å². The van der Waals surface area contributed by atoms with Gasteiger partial charge in [0.15, 0.2) is 0 Å². The molecule has 0 aromatic heterocycles. The van der Waals surface area contributed by atoms with E-state index in [9.17, 15) is 9.90 Å². The molecule has 4 nitrogen and oxygen atoms in total. The summed E-state index contributed by atoms with van der Waals surface area (Å²) in [5.74, 6) is 0.353. The average Bonchev–Trinajstić information content (AvgIpc) is 2.77. The Bertz CT molecular complexity index is 416. The highest BCUT2D eigenvalue weighted by Crippen LogP contribution is 2.26. The molecule has 1 aliphatic rings. The molecule has 98 valence electrons. The van der Waals surface area contributed by atoms with Gasteiger partial charge in [0.25, 0.3) is 0 Å². The lowest BCUT2D eigenvalue weighted by Crippen LogP contribution is -2.39. The number of amides is 1. The molecule has 0 spiro atoms. The van der Waals surface area contributed by atoms with Gasteiger partial charge in [-0.05, 0) is 30.5 Å². The molecule has 0 aliphatic heterocycles. The Kier molecular flexibility index (Phi) is 3.87. The minimum atomic E-state index is -0.0212. The molecule has 0 radical (unpaired) electrons. The maximum absolute atomic E-state index is 12.2. The van der Waals surface area contributed by atoms with Crippen LogP contribution in [0.4, 0.5) is 0 Å². The van der Waals surface area contributed by atoms with Gasteiger partial charge in [-0.3, -0.25) is 4.79 Å². The number of aromatic hydroxyl groups is 1. The van der Waals surface area contributed by atoms with Crippen molar-refractivity contribution in [1.82, 2.24) is 4.90 Å². The Balaban J connectivity index is 1.97. The number of hydrogen-bond donors (Lipinski definition) is 2. The number of phenols is 1. The minimum Gasteiger partial charge on any atom is -0.508 e. The number of benzene rings is 1. The Hall–Kier alpha value is -1.55. The summed E-state index contributed by atoms with van der Waals surface area (Å²) < 4.78 is 0. The van der Waals surface area contributed by atoms with Gasteiger partial charge < -0.3 is 15.7 Å². The van der Waals surface area contributed by atoms with Crippen LogP contribution in [-0.2, 0) is 11.3 Å². The maximum atomic E-state index is 12.2. The van der Waals surface area contributed by atoms with Gasteiger partial charge in [0.05, 0.1) is 5.92 Å². The van der Waals surface area contributed by atoms with Crippen LogP contribution in [0.5, 0.6) is 5.75 Å². The summed E-state index contributed by atoms with van der Waals surface area (Å²) in [7, 11) is 1.81.